The van der Waals surface area contributed by atoms with Crippen LogP contribution in [0.4, 0.5) is 0 Å². The van der Waals surface area contributed by atoms with E-state index < -0.39 is 0 Å². The Kier molecular flexibility index (Phi) is 2.54. The normalized spacial score (nSPS) is 11.7. The van der Waals surface area contributed by atoms with Crippen molar-refractivity contribution in [3.63, 3.8) is 0 Å². The van der Waals surface area contributed by atoms with Gasteiger partial charge < -0.3 is 10.4 Å². The molecule has 3 heteroatoms. The first-order valence-electron chi connectivity index (χ1n) is 3.67. The van der Waals surface area contributed by atoms with Crippen molar-refractivity contribution in [2.75, 3.05) is 0 Å². The fraction of sp³-hybridized carbons (Fsp3) is 0.222. The van der Waals surface area contributed by atoms with Crippen molar-refractivity contribution in [3.05, 3.63) is 29.8 Å². The van der Waals surface area contributed by atoms with Crippen LogP contribution in [0, 0.1) is 11.5 Å². The Balaban J connectivity index is 2.82. The van der Waals surface area contributed by atoms with E-state index in [2.05, 4.69) is 5.32 Å². The van der Waals surface area contributed by atoms with Crippen LogP contribution in [-0.2, 0) is 0 Å². The maximum atomic E-state index is 9.12. The monoisotopic (exact) mass is 162 g/mol. The number of nitriles is 1. The molecule has 0 aliphatic rings. The molecule has 1 aromatic rings. The van der Waals surface area contributed by atoms with Gasteiger partial charge in [0, 0.05) is 0 Å². The molecule has 0 fully saturated rings. The molecule has 1 rings (SSSR count). The van der Waals surface area contributed by atoms with Crippen LogP contribution in [0.15, 0.2) is 24.3 Å². The number of rotatable bonds is 2. The van der Waals surface area contributed by atoms with Gasteiger partial charge in [-0.25, -0.2) is 0 Å². The van der Waals surface area contributed by atoms with Crippen LogP contribution in [0.3, 0.4) is 0 Å². The molecule has 0 heterocycles. The molecule has 0 spiro atoms. The number of nitrogens with zero attached hydrogens (tertiary/aromatic N) is 1. The smallest absolute Gasteiger partial charge is 0.177 e. The van der Waals surface area contributed by atoms with Crippen LogP contribution in [0.1, 0.15) is 18.5 Å². The Morgan fingerprint density at radius 1 is 1.58 bits per heavy atom. The summed E-state index contributed by atoms with van der Waals surface area (Å²) in [5, 5.41) is 20.0. The molecule has 12 heavy (non-hydrogen) atoms. The highest BCUT2D eigenvalue weighted by Gasteiger charge is 2.02. The molecule has 0 saturated carbocycles. The molecule has 1 aromatic carbocycles. The summed E-state index contributed by atoms with van der Waals surface area (Å²) in [6.07, 6.45) is 1.85. The fourth-order valence-corrected chi connectivity index (χ4v) is 0.974. The number of phenolic OH excluding ortho intramolecular Hbond substituents is 1. The first-order chi connectivity index (χ1) is 5.74. The molecular formula is C9H10N2O. The molecular weight excluding hydrogens is 152 g/mol. The first-order valence-corrected chi connectivity index (χ1v) is 3.67. The molecule has 1 atom stereocenters. The predicted molar refractivity (Wildman–Crippen MR) is 45.3 cm³/mol. The molecule has 3 nitrogen and oxygen atoms in total. The van der Waals surface area contributed by atoms with Gasteiger partial charge in [-0.1, -0.05) is 12.1 Å². The number of aromatic hydroxyl groups is 1. The van der Waals surface area contributed by atoms with E-state index in [1.807, 2.05) is 19.2 Å². The van der Waals surface area contributed by atoms with Crippen LogP contribution in [0.2, 0.25) is 0 Å². The van der Waals surface area contributed by atoms with Crippen LogP contribution in [0.25, 0.3) is 0 Å². The lowest BCUT2D eigenvalue weighted by atomic mass is 10.1. The van der Waals surface area contributed by atoms with Gasteiger partial charge in [-0.15, -0.1) is 0 Å². The van der Waals surface area contributed by atoms with E-state index in [1.54, 1.807) is 18.2 Å². The maximum Gasteiger partial charge on any atom is 0.177 e. The van der Waals surface area contributed by atoms with E-state index >= 15 is 0 Å². The highest BCUT2D eigenvalue weighted by atomic mass is 16.3. The SMILES string of the molecule is CC(NC#N)c1cccc(O)c1. The second-order valence-electron chi connectivity index (χ2n) is 2.57. The molecule has 0 aliphatic heterocycles. The van der Waals surface area contributed by atoms with Crippen molar-refractivity contribution in [2.45, 2.75) is 13.0 Å². The van der Waals surface area contributed by atoms with E-state index in [0.717, 1.165) is 5.56 Å². The van der Waals surface area contributed by atoms with E-state index in [1.165, 1.54) is 0 Å². The summed E-state index contributed by atoms with van der Waals surface area (Å²) in [5.74, 6) is 0.221. The number of nitrogens with one attached hydrogen (secondary N) is 1. The van der Waals surface area contributed by atoms with Crippen LogP contribution >= 0.6 is 0 Å². The molecule has 62 valence electrons. The quantitative estimate of drug-likeness (QED) is 0.512. The van der Waals surface area contributed by atoms with E-state index in [0.29, 0.717) is 0 Å². The topological polar surface area (TPSA) is 56.0 Å². The molecule has 0 aromatic heterocycles. The Hall–Kier alpha value is -1.69. The Morgan fingerprint density at radius 3 is 2.92 bits per heavy atom. The van der Waals surface area contributed by atoms with Crippen LogP contribution < -0.4 is 5.32 Å². The summed E-state index contributed by atoms with van der Waals surface area (Å²) in [4.78, 5) is 0. The minimum Gasteiger partial charge on any atom is -0.508 e. The molecule has 1 unspecified atom stereocenters. The largest absolute Gasteiger partial charge is 0.508 e. The van der Waals surface area contributed by atoms with Crippen molar-refractivity contribution in [1.82, 2.24) is 5.32 Å². The van der Waals surface area contributed by atoms with Gasteiger partial charge in [-0.05, 0) is 24.6 Å². The Morgan fingerprint density at radius 2 is 2.33 bits per heavy atom. The van der Waals surface area contributed by atoms with Gasteiger partial charge in [-0.2, -0.15) is 5.26 Å². The summed E-state index contributed by atoms with van der Waals surface area (Å²) < 4.78 is 0. The minimum absolute atomic E-state index is 0.0536. The van der Waals surface area contributed by atoms with E-state index in [-0.39, 0.29) is 11.8 Å². The predicted octanol–water partition coefficient (Wildman–Crippen LogP) is 1.52. The lowest BCUT2D eigenvalue weighted by molar-refractivity contribution is 0.473. The van der Waals surface area contributed by atoms with Crippen molar-refractivity contribution < 1.29 is 5.11 Å². The van der Waals surface area contributed by atoms with Gasteiger partial charge in [-0.3, -0.25) is 0 Å². The second-order valence-corrected chi connectivity index (χ2v) is 2.57. The van der Waals surface area contributed by atoms with Crippen molar-refractivity contribution >= 4 is 0 Å². The van der Waals surface area contributed by atoms with Crippen molar-refractivity contribution in [2.24, 2.45) is 0 Å². The van der Waals surface area contributed by atoms with Crippen LogP contribution in [-0.4, -0.2) is 5.11 Å². The summed E-state index contributed by atoms with van der Waals surface area (Å²) in [7, 11) is 0. The highest BCUT2D eigenvalue weighted by Crippen LogP contribution is 2.16. The summed E-state index contributed by atoms with van der Waals surface area (Å²) in [5.41, 5.74) is 0.900. The molecule has 0 bridgehead atoms. The van der Waals surface area contributed by atoms with Gasteiger partial charge in [0.2, 0.25) is 0 Å². The van der Waals surface area contributed by atoms with Gasteiger partial charge in [0.1, 0.15) is 5.75 Å². The van der Waals surface area contributed by atoms with Gasteiger partial charge in [0.25, 0.3) is 0 Å². The van der Waals surface area contributed by atoms with Crippen LogP contribution in [0.5, 0.6) is 5.75 Å². The number of phenols is 1. The third-order valence-electron chi connectivity index (χ3n) is 1.65. The average Bonchev–Trinajstić information content (AvgIpc) is 2.05. The summed E-state index contributed by atoms with van der Waals surface area (Å²) in [6.45, 7) is 1.86. The number of hydrogen-bond acceptors (Lipinski definition) is 3. The second kappa shape index (κ2) is 3.63. The zero-order valence-electron chi connectivity index (χ0n) is 6.78. The molecule has 0 aliphatic carbocycles. The summed E-state index contributed by atoms with van der Waals surface area (Å²) >= 11 is 0. The highest BCUT2D eigenvalue weighted by molar-refractivity contribution is 5.29. The Labute approximate surface area is 71.3 Å². The van der Waals surface area contributed by atoms with Crippen molar-refractivity contribution in [1.29, 1.82) is 5.26 Å². The zero-order chi connectivity index (χ0) is 8.97. The number of hydrogen-bond donors (Lipinski definition) is 2. The average molecular weight is 162 g/mol. The van der Waals surface area contributed by atoms with Crippen molar-refractivity contribution in [3.8, 4) is 11.9 Å². The molecule has 0 radical (unpaired) electrons. The summed E-state index contributed by atoms with van der Waals surface area (Å²) in [6, 6.07) is 6.79. The third-order valence-corrected chi connectivity index (χ3v) is 1.65. The molecule has 2 N–H and O–H groups in total. The standard InChI is InChI=1S/C9H10N2O/c1-7(11-6-10)8-3-2-4-9(12)5-8/h2-5,7,11-12H,1H3. The number of benzene rings is 1. The lowest BCUT2D eigenvalue weighted by Crippen LogP contribution is -2.11. The zero-order valence-corrected chi connectivity index (χ0v) is 6.78. The molecule has 0 saturated heterocycles. The van der Waals surface area contributed by atoms with E-state index in [9.17, 15) is 0 Å². The molecule has 0 amide bonds. The minimum atomic E-state index is -0.0536. The maximum absolute atomic E-state index is 9.12. The first kappa shape index (κ1) is 8.41. The fourth-order valence-electron chi connectivity index (χ4n) is 0.974. The van der Waals surface area contributed by atoms with Gasteiger partial charge in [0.15, 0.2) is 6.19 Å². The van der Waals surface area contributed by atoms with Gasteiger partial charge in [0.05, 0.1) is 6.04 Å². The Bertz CT molecular complexity index is 304. The van der Waals surface area contributed by atoms with Gasteiger partial charge >= 0.3 is 0 Å². The van der Waals surface area contributed by atoms with E-state index in [4.69, 9.17) is 10.4 Å². The third kappa shape index (κ3) is 1.89. The lowest BCUT2D eigenvalue weighted by Gasteiger charge is -2.08.